The fourth-order valence-corrected chi connectivity index (χ4v) is 6.31. The molecule has 0 saturated heterocycles. The smallest absolute Gasteiger partial charge is 0.307 e. The summed E-state index contributed by atoms with van der Waals surface area (Å²) >= 11 is 1.48. The summed E-state index contributed by atoms with van der Waals surface area (Å²) in [6.07, 6.45) is 11.2. The molecule has 146 valence electrons. The molecule has 0 spiro atoms. The Hall–Kier alpha value is -2.21. The summed E-state index contributed by atoms with van der Waals surface area (Å²) in [6, 6.07) is 6.44. The van der Waals surface area contributed by atoms with Crippen LogP contribution in [0.15, 0.2) is 30.4 Å². The minimum absolute atomic E-state index is 0.0216. The van der Waals surface area contributed by atoms with Gasteiger partial charge in [-0.05, 0) is 54.7 Å². The highest BCUT2D eigenvalue weighted by Crippen LogP contribution is 2.48. The molecular formula is C22H24N2O3S. The number of amides is 1. The van der Waals surface area contributed by atoms with Gasteiger partial charge in [-0.3, -0.25) is 9.59 Å². The largest absolute Gasteiger partial charge is 0.481 e. The third-order valence-corrected chi connectivity index (χ3v) is 7.70. The number of carbonyl (C=O) groups is 2. The quantitative estimate of drug-likeness (QED) is 0.727. The van der Waals surface area contributed by atoms with E-state index in [-0.39, 0.29) is 17.7 Å². The van der Waals surface area contributed by atoms with Crippen molar-refractivity contribution >= 4 is 38.6 Å². The average molecular weight is 397 g/mol. The van der Waals surface area contributed by atoms with Crippen LogP contribution in [0.4, 0.5) is 5.13 Å². The van der Waals surface area contributed by atoms with E-state index in [1.165, 1.54) is 49.0 Å². The number of thiazole rings is 1. The predicted octanol–water partition coefficient (Wildman–Crippen LogP) is 4.81. The number of hydrogen-bond acceptors (Lipinski definition) is 4. The van der Waals surface area contributed by atoms with Gasteiger partial charge in [0.05, 0.1) is 22.1 Å². The highest BCUT2D eigenvalue weighted by atomic mass is 32.1. The second-order valence-electron chi connectivity index (χ2n) is 8.41. The summed E-state index contributed by atoms with van der Waals surface area (Å²) in [5.41, 5.74) is 2.26. The maximum absolute atomic E-state index is 12.9. The number of fused-ring (bicyclic) bond motifs is 3. The number of nitrogens with one attached hydrogen (secondary N) is 1. The molecular weight excluding hydrogens is 372 g/mol. The van der Waals surface area contributed by atoms with Crippen molar-refractivity contribution < 1.29 is 14.7 Å². The lowest BCUT2D eigenvalue weighted by atomic mass is 9.82. The summed E-state index contributed by atoms with van der Waals surface area (Å²) in [5.74, 6) is -1.57. The topological polar surface area (TPSA) is 79.3 Å². The zero-order valence-corrected chi connectivity index (χ0v) is 16.5. The molecule has 2 bridgehead atoms. The normalized spacial score (nSPS) is 29.4. The molecule has 6 heteroatoms. The Morgan fingerprint density at radius 1 is 1.07 bits per heavy atom. The Morgan fingerprint density at radius 2 is 1.82 bits per heavy atom. The van der Waals surface area contributed by atoms with E-state index in [0.29, 0.717) is 11.0 Å². The van der Waals surface area contributed by atoms with Crippen LogP contribution in [-0.4, -0.2) is 22.0 Å². The summed E-state index contributed by atoms with van der Waals surface area (Å²) in [6.45, 7) is 0. The number of carboxylic acids is 1. The Balaban J connectivity index is 1.35. The molecule has 4 atom stereocenters. The number of benzene rings is 1. The molecule has 3 aliphatic carbocycles. The Kier molecular flexibility index (Phi) is 4.46. The van der Waals surface area contributed by atoms with Crippen molar-refractivity contribution in [2.45, 2.75) is 44.4 Å². The highest BCUT2D eigenvalue weighted by Gasteiger charge is 2.51. The zero-order valence-electron chi connectivity index (χ0n) is 15.6. The first-order chi connectivity index (χ1) is 13.6. The third kappa shape index (κ3) is 3.04. The molecule has 2 saturated carbocycles. The number of nitrogens with zero attached hydrogens (tertiary/aromatic N) is 1. The van der Waals surface area contributed by atoms with E-state index in [1.54, 1.807) is 0 Å². The van der Waals surface area contributed by atoms with Crippen LogP contribution >= 0.6 is 11.3 Å². The minimum atomic E-state index is -0.876. The number of rotatable bonds is 4. The van der Waals surface area contributed by atoms with Gasteiger partial charge in [0.2, 0.25) is 5.91 Å². The van der Waals surface area contributed by atoms with Gasteiger partial charge >= 0.3 is 5.97 Å². The predicted molar refractivity (Wildman–Crippen MR) is 109 cm³/mol. The molecule has 0 radical (unpaired) electrons. The van der Waals surface area contributed by atoms with Crippen LogP contribution in [0.25, 0.3) is 10.2 Å². The van der Waals surface area contributed by atoms with E-state index in [4.69, 9.17) is 0 Å². The van der Waals surface area contributed by atoms with Gasteiger partial charge in [-0.2, -0.15) is 0 Å². The Bertz CT molecular complexity index is 960. The standard InChI is InChI=1S/C22H24N2O3S/c25-20(18-14-6-7-15(10-14)19(18)21(26)27)24-22-23-16-9-8-13(11-17(16)28-22)12-4-2-1-3-5-12/h6-9,11-12,14-15,18-19H,1-5,10H2,(H,26,27)(H,23,24,25)/t14?,15?,18-,19+/m1/s1. The van der Waals surface area contributed by atoms with Gasteiger partial charge in [-0.15, -0.1) is 0 Å². The lowest BCUT2D eigenvalue weighted by molar-refractivity contribution is -0.146. The second kappa shape index (κ2) is 6.99. The lowest BCUT2D eigenvalue weighted by Crippen LogP contribution is -2.36. The molecule has 1 aromatic heterocycles. The van der Waals surface area contributed by atoms with E-state index in [0.717, 1.165) is 16.6 Å². The molecule has 5 rings (SSSR count). The Labute approximate surface area is 167 Å². The molecule has 5 nitrogen and oxygen atoms in total. The summed E-state index contributed by atoms with van der Waals surface area (Å²) in [7, 11) is 0. The van der Waals surface area contributed by atoms with Gasteiger partial charge < -0.3 is 10.4 Å². The number of carbonyl (C=O) groups excluding carboxylic acids is 1. The lowest BCUT2D eigenvalue weighted by Gasteiger charge is -2.23. The second-order valence-corrected chi connectivity index (χ2v) is 9.44. The molecule has 1 amide bonds. The number of carboxylic acid groups (broad SMARTS) is 1. The molecule has 2 N–H and O–H groups in total. The van der Waals surface area contributed by atoms with Crippen molar-refractivity contribution in [1.29, 1.82) is 0 Å². The summed E-state index contributed by atoms with van der Waals surface area (Å²) in [4.78, 5) is 29.1. The van der Waals surface area contributed by atoms with Crippen molar-refractivity contribution in [3.05, 3.63) is 35.9 Å². The number of aromatic nitrogens is 1. The van der Waals surface area contributed by atoms with Crippen LogP contribution in [0, 0.1) is 23.7 Å². The zero-order chi connectivity index (χ0) is 19.3. The van der Waals surface area contributed by atoms with Crippen molar-refractivity contribution in [1.82, 2.24) is 4.98 Å². The maximum Gasteiger partial charge on any atom is 0.307 e. The van der Waals surface area contributed by atoms with Gasteiger partial charge in [0.25, 0.3) is 0 Å². The van der Waals surface area contributed by atoms with Crippen molar-refractivity contribution in [2.24, 2.45) is 23.7 Å². The molecule has 3 aliphatic rings. The number of anilines is 1. The minimum Gasteiger partial charge on any atom is -0.481 e. The number of aliphatic carboxylic acids is 1. The van der Waals surface area contributed by atoms with Crippen LogP contribution < -0.4 is 5.32 Å². The average Bonchev–Trinajstić information content (AvgIpc) is 3.41. The molecule has 28 heavy (non-hydrogen) atoms. The van der Waals surface area contributed by atoms with E-state index in [1.807, 2.05) is 18.2 Å². The SMILES string of the molecule is O=C(Nc1nc2ccc(C3CCCCC3)cc2s1)[C@@H]1C2C=CC(C2)[C@@H]1C(=O)O. The number of allylic oxidation sites excluding steroid dienone is 2. The van der Waals surface area contributed by atoms with Gasteiger partial charge in [0.1, 0.15) is 0 Å². The molecule has 2 aromatic rings. The highest BCUT2D eigenvalue weighted by molar-refractivity contribution is 7.22. The summed E-state index contributed by atoms with van der Waals surface area (Å²) in [5, 5.41) is 13.0. The van der Waals surface area contributed by atoms with E-state index in [9.17, 15) is 14.7 Å². The first-order valence-corrected chi connectivity index (χ1v) is 11.0. The molecule has 1 heterocycles. The van der Waals surface area contributed by atoms with Gasteiger partial charge in [0.15, 0.2) is 5.13 Å². The fraction of sp³-hybridized carbons (Fsp3) is 0.500. The third-order valence-electron chi connectivity index (χ3n) is 6.77. The van der Waals surface area contributed by atoms with Gasteiger partial charge in [0, 0.05) is 0 Å². The molecule has 1 aromatic carbocycles. The van der Waals surface area contributed by atoms with Gasteiger partial charge in [-0.1, -0.05) is 48.8 Å². The van der Waals surface area contributed by atoms with Crippen LogP contribution in [0.1, 0.15) is 50.0 Å². The monoisotopic (exact) mass is 396 g/mol. The van der Waals surface area contributed by atoms with E-state index in [2.05, 4.69) is 22.4 Å². The van der Waals surface area contributed by atoms with E-state index >= 15 is 0 Å². The van der Waals surface area contributed by atoms with E-state index < -0.39 is 17.8 Å². The van der Waals surface area contributed by atoms with Crippen molar-refractivity contribution in [3.63, 3.8) is 0 Å². The maximum atomic E-state index is 12.9. The van der Waals surface area contributed by atoms with Crippen molar-refractivity contribution in [3.8, 4) is 0 Å². The first kappa shape index (κ1) is 17.9. The molecule has 2 fully saturated rings. The summed E-state index contributed by atoms with van der Waals surface area (Å²) < 4.78 is 1.08. The van der Waals surface area contributed by atoms with Crippen LogP contribution in [0.5, 0.6) is 0 Å². The molecule has 0 aliphatic heterocycles. The van der Waals surface area contributed by atoms with Gasteiger partial charge in [-0.25, -0.2) is 4.98 Å². The van der Waals surface area contributed by atoms with Crippen molar-refractivity contribution in [2.75, 3.05) is 5.32 Å². The fourth-order valence-electron chi connectivity index (χ4n) is 5.39. The van der Waals surface area contributed by atoms with Crippen LogP contribution in [0.3, 0.4) is 0 Å². The first-order valence-electron chi connectivity index (χ1n) is 10.2. The van der Waals surface area contributed by atoms with Crippen LogP contribution in [0.2, 0.25) is 0 Å². The molecule has 2 unspecified atom stereocenters. The number of hydrogen-bond donors (Lipinski definition) is 2. The van der Waals surface area contributed by atoms with Crippen LogP contribution in [-0.2, 0) is 9.59 Å². The Morgan fingerprint density at radius 3 is 2.57 bits per heavy atom.